The monoisotopic (exact) mass is 401 g/mol. The van der Waals surface area contributed by atoms with E-state index in [-0.39, 0.29) is 17.2 Å². The van der Waals surface area contributed by atoms with Gasteiger partial charge in [0.25, 0.3) is 10.1 Å². The lowest BCUT2D eigenvalue weighted by Crippen LogP contribution is -2.19. The highest BCUT2D eigenvalue weighted by Crippen LogP contribution is 2.13. The molecule has 0 radical (unpaired) electrons. The fraction of sp³-hybridized carbons (Fsp3) is 0.267. The molecule has 0 saturated carbocycles. The van der Waals surface area contributed by atoms with Gasteiger partial charge in [-0.1, -0.05) is 22.9 Å². The summed E-state index contributed by atoms with van der Waals surface area (Å²) in [4.78, 5) is 19.8. The fourth-order valence-corrected chi connectivity index (χ4v) is 2.61. The van der Waals surface area contributed by atoms with Crippen LogP contribution in [0.5, 0.6) is 0 Å². The molecule has 142 valence electrons. The molecule has 0 aliphatic rings. The van der Waals surface area contributed by atoms with Crippen molar-refractivity contribution in [3.63, 3.8) is 0 Å². The van der Waals surface area contributed by atoms with Gasteiger partial charge in [0.05, 0.1) is 11.5 Å². The predicted octanol–water partition coefficient (Wildman–Crippen LogP) is 1.88. The summed E-state index contributed by atoms with van der Waals surface area (Å²) in [6.45, 7) is 3.81. The van der Waals surface area contributed by atoms with Crippen LogP contribution in [0.25, 0.3) is 0 Å². The maximum atomic E-state index is 11.4. The van der Waals surface area contributed by atoms with Crippen molar-refractivity contribution in [3.05, 3.63) is 40.9 Å². The molecule has 0 fully saturated rings. The molecule has 0 atom stereocenters. The molecule has 0 unspecified atom stereocenters. The molecule has 3 N–H and O–H groups in total. The highest BCUT2D eigenvalue weighted by atomic mass is 32.2. The summed E-state index contributed by atoms with van der Waals surface area (Å²) in [6.07, 6.45) is 0. The van der Waals surface area contributed by atoms with E-state index in [1.54, 1.807) is 24.4 Å². The van der Waals surface area contributed by atoms with E-state index in [0.29, 0.717) is 10.8 Å². The molecule has 0 amide bonds. The Morgan fingerprint density at radius 3 is 2.38 bits per heavy atom. The van der Waals surface area contributed by atoms with Crippen LogP contribution in [-0.2, 0) is 24.5 Å². The lowest BCUT2D eigenvalue weighted by atomic mass is 10.2. The number of ether oxygens (including phenoxy) is 1. The molecule has 0 bridgehead atoms. The van der Waals surface area contributed by atoms with Gasteiger partial charge in [0.2, 0.25) is 5.71 Å². The van der Waals surface area contributed by atoms with Crippen molar-refractivity contribution in [1.29, 1.82) is 0 Å². The Balaban J connectivity index is 0.000000273. The number of carbonyl (C=O) groups is 1. The summed E-state index contributed by atoms with van der Waals surface area (Å²) >= 11 is 1.22. The van der Waals surface area contributed by atoms with E-state index in [0.717, 1.165) is 5.56 Å². The van der Waals surface area contributed by atoms with Crippen molar-refractivity contribution in [1.82, 2.24) is 4.98 Å². The third kappa shape index (κ3) is 6.78. The summed E-state index contributed by atoms with van der Waals surface area (Å²) in [6, 6.07) is 5.99. The molecule has 11 heteroatoms. The fourth-order valence-electron chi connectivity index (χ4n) is 1.59. The van der Waals surface area contributed by atoms with Crippen LogP contribution < -0.4 is 5.73 Å². The van der Waals surface area contributed by atoms with Crippen LogP contribution in [0.3, 0.4) is 0 Å². The van der Waals surface area contributed by atoms with Crippen LogP contribution >= 0.6 is 11.3 Å². The highest BCUT2D eigenvalue weighted by Gasteiger charge is 2.19. The number of oxime groups is 1. The van der Waals surface area contributed by atoms with Crippen LogP contribution in [0.15, 0.2) is 39.7 Å². The molecule has 1 aromatic carbocycles. The van der Waals surface area contributed by atoms with E-state index in [1.165, 1.54) is 30.6 Å². The number of rotatable bonds is 5. The van der Waals surface area contributed by atoms with Gasteiger partial charge in [-0.25, -0.2) is 9.78 Å². The van der Waals surface area contributed by atoms with E-state index in [9.17, 15) is 13.2 Å². The Bertz CT molecular complexity index is 860. The molecule has 26 heavy (non-hydrogen) atoms. The molecule has 2 rings (SSSR count). The van der Waals surface area contributed by atoms with Gasteiger partial charge in [-0.05, 0) is 26.0 Å². The molecule has 0 aliphatic carbocycles. The maximum absolute atomic E-state index is 11.4. The Labute approximate surface area is 155 Å². The second kappa shape index (κ2) is 9.85. The van der Waals surface area contributed by atoms with Crippen molar-refractivity contribution in [2.24, 2.45) is 5.16 Å². The van der Waals surface area contributed by atoms with Gasteiger partial charge in [-0.15, -0.1) is 11.3 Å². The van der Waals surface area contributed by atoms with E-state index in [2.05, 4.69) is 15.0 Å². The van der Waals surface area contributed by atoms with Gasteiger partial charge < -0.3 is 15.3 Å². The quantitative estimate of drug-likeness (QED) is 0.335. The topological polar surface area (TPSA) is 141 Å². The molecular weight excluding hydrogens is 382 g/mol. The molecule has 0 saturated heterocycles. The first-order chi connectivity index (χ1) is 12.2. The number of anilines is 1. The SMILES string of the molecule is CCOC(=O)C(=NOC)c1csc(N)n1.Cc1ccc(S(=O)(=O)O)cc1. The number of nitrogens with two attached hydrogens (primary N) is 1. The van der Waals surface area contributed by atoms with Gasteiger partial charge >= 0.3 is 5.97 Å². The Morgan fingerprint density at radius 1 is 1.35 bits per heavy atom. The minimum Gasteiger partial charge on any atom is -0.461 e. The number of carbonyl (C=O) groups excluding carboxylic acids is 1. The third-order valence-corrected chi connectivity index (χ3v) is 4.28. The second-order valence-electron chi connectivity index (χ2n) is 4.70. The van der Waals surface area contributed by atoms with Gasteiger partial charge in [0.15, 0.2) is 5.13 Å². The Kier molecular flexibility index (Phi) is 8.16. The van der Waals surface area contributed by atoms with Crippen LogP contribution in [0.2, 0.25) is 0 Å². The van der Waals surface area contributed by atoms with E-state index >= 15 is 0 Å². The zero-order chi connectivity index (χ0) is 19.7. The van der Waals surface area contributed by atoms with Gasteiger partial charge in [0, 0.05) is 5.38 Å². The molecule has 0 aliphatic heterocycles. The molecule has 1 aromatic heterocycles. The zero-order valence-electron chi connectivity index (χ0n) is 14.4. The van der Waals surface area contributed by atoms with Crippen LogP contribution in [-0.4, -0.2) is 43.4 Å². The number of hydrogen-bond donors (Lipinski definition) is 2. The number of hydrogen-bond acceptors (Lipinski definition) is 9. The summed E-state index contributed by atoms with van der Waals surface area (Å²) in [5, 5.41) is 5.53. The minimum atomic E-state index is -4.02. The average molecular weight is 401 g/mol. The number of aromatic nitrogens is 1. The van der Waals surface area contributed by atoms with Crippen LogP contribution in [0, 0.1) is 6.92 Å². The number of benzene rings is 1. The lowest BCUT2D eigenvalue weighted by Gasteiger charge is -2.01. The second-order valence-corrected chi connectivity index (χ2v) is 7.01. The smallest absolute Gasteiger partial charge is 0.362 e. The normalized spacial score (nSPS) is 11.3. The number of esters is 1. The largest absolute Gasteiger partial charge is 0.461 e. The van der Waals surface area contributed by atoms with Crippen LogP contribution in [0.4, 0.5) is 5.13 Å². The van der Waals surface area contributed by atoms with Gasteiger partial charge in [-0.2, -0.15) is 8.42 Å². The first-order valence-electron chi connectivity index (χ1n) is 7.22. The maximum Gasteiger partial charge on any atom is 0.362 e. The summed E-state index contributed by atoms with van der Waals surface area (Å²) in [5.41, 5.74) is 6.78. The Hall–Kier alpha value is -2.50. The van der Waals surface area contributed by atoms with Crippen LogP contribution in [0.1, 0.15) is 18.2 Å². The van der Waals surface area contributed by atoms with Gasteiger partial charge in [0.1, 0.15) is 12.8 Å². The predicted molar refractivity (Wildman–Crippen MR) is 97.7 cm³/mol. The zero-order valence-corrected chi connectivity index (χ0v) is 16.0. The lowest BCUT2D eigenvalue weighted by molar-refractivity contribution is -0.135. The summed E-state index contributed by atoms with van der Waals surface area (Å²) in [5.74, 6) is -0.579. The van der Waals surface area contributed by atoms with Gasteiger partial charge in [-0.3, -0.25) is 4.55 Å². The summed E-state index contributed by atoms with van der Waals surface area (Å²) in [7, 11) is -2.68. The first kappa shape index (κ1) is 21.5. The Morgan fingerprint density at radius 2 is 1.96 bits per heavy atom. The van der Waals surface area contributed by atoms with Crippen molar-refractivity contribution in [2.75, 3.05) is 19.5 Å². The number of nitrogen functional groups attached to an aromatic ring is 1. The average Bonchev–Trinajstić information content (AvgIpc) is 2.99. The van der Waals surface area contributed by atoms with E-state index in [1.807, 2.05) is 6.92 Å². The third-order valence-electron chi connectivity index (χ3n) is 2.73. The standard InChI is InChI=1S/C8H11N3O3S.C7H8O3S/c1-3-14-7(12)6(11-13-2)5-4-15-8(9)10-5;1-6-2-4-7(5-3-6)11(8,9)10/h4H,3H2,1-2H3,(H2,9,10);2-5H,1H3,(H,8,9,10). The molecule has 2 aromatic rings. The first-order valence-corrected chi connectivity index (χ1v) is 9.54. The highest BCUT2D eigenvalue weighted by molar-refractivity contribution is 7.85. The minimum absolute atomic E-state index is 0.0206. The number of nitrogens with zero attached hydrogens (tertiary/aromatic N) is 2. The molecule has 0 spiro atoms. The molecule has 1 heterocycles. The number of thiazole rings is 1. The van der Waals surface area contributed by atoms with Crippen molar-refractivity contribution >= 4 is 38.3 Å². The van der Waals surface area contributed by atoms with E-state index < -0.39 is 16.1 Å². The summed E-state index contributed by atoms with van der Waals surface area (Å²) < 4.78 is 34.3. The van der Waals surface area contributed by atoms with Crippen molar-refractivity contribution in [3.8, 4) is 0 Å². The van der Waals surface area contributed by atoms with Crippen molar-refractivity contribution in [2.45, 2.75) is 18.7 Å². The molecular formula is C15H19N3O6S2. The number of aryl methyl sites for hydroxylation is 1. The van der Waals surface area contributed by atoms with E-state index in [4.69, 9.17) is 15.0 Å². The molecule has 9 nitrogen and oxygen atoms in total. The van der Waals surface area contributed by atoms with Crippen molar-refractivity contribution < 1.29 is 27.3 Å².